The number of carbonyl (C=O) groups is 2. The van der Waals surface area contributed by atoms with E-state index >= 15 is 0 Å². The quantitative estimate of drug-likeness (QED) is 0.565. The van der Waals surface area contributed by atoms with Crippen molar-refractivity contribution in [2.75, 3.05) is 31.3 Å². The Kier molecular flexibility index (Phi) is 7.84. The first-order chi connectivity index (χ1) is 11.1. The summed E-state index contributed by atoms with van der Waals surface area (Å²) in [6.07, 6.45) is 2.09. The Bertz CT molecular complexity index is 585. The lowest BCUT2D eigenvalue weighted by Crippen LogP contribution is -2.46. The molecule has 1 atom stereocenters. The molecule has 1 aromatic rings. The van der Waals surface area contributed by atoms with E-state index in [1.807, 2.05) is 6.07 Å². The van der Waals surface area contributed by atoms with Crippen LogP contribution in [0.15, 0.2) is 34.3 Å². The molecule has 0 saturated heterocycles. The van der Waals surface area contributed by atoms with E-state index in [-0.39, 0.29) is 0 Å². The summed E-state index contributed by atoms with van der Waals surface area (Å²) < 4.78 is 0. The first kappa shape index (κ1) is 18.1. The molecule has 1 rings (SSSR count). The third-order valence-corrected chi connectivity index (χ3v) is 2.80. The number of nitrogens with zero attached hydrogens (tertiary/aromatic N) is 2. The lowest BCUT2D eigenvalue weighted by atomic mass is 10.3. The fourth-order valence-corrected chi connectivity index (χ4v) is 1.66. The molecule has 0 aliphatic rings. The van der Waals surface area contributed by atoms with Crippen LogP contribution >= 0.6 is 0 Å². The molecule has 3 amide bonds. The summed E-state index contributed by atoms with van der Waals surface area (Å²) in [6.45, 7) is 2.13. The number of rotatable bonds is 7. The number of anilines is 2. The van der Waals surface area contributed by atoms with Crippen molar-refractivity contribution < 1.29 is 9.59 Å². The number of hydrogen-bond donors (Lipinski definition) is 4. The number of aliphatic imine (C=N–C) groups is 2. The maximum Gasteiger partial charge on any atom is 0.321 e. The number of urea groups is 1. The van der Waals surface area contributed by atoms with Crippen molar-refractivity contribution in [3.05, 3.63) is 24.3 Å². The molecule has 8 nitrogen and oxygen atoms in total. The third-order valence-electron chi connectivity index (χ3n) is 2.80. The minimum atomic E-state index is -1.01. The van der Waals surface area contributed by atoms with Crippen molar-refractivity contribution in [3.63, 3.8) is 0 Å². The molecule has 0 radical (unpaired) electrons. The highest BCUT2D eigenvalue weighted by Gasteiger charge is 2.17. The number of amides is 3. The number of nitrogens with one attached hydrogen (secondary N) is 4. The van der Waals surface area contributed by atoms with Gasteiger partial charge in [0, 0.05) is 31.7 Å². The van der Waals surface area contributed by atoms with Crippen molar-refractivity contribution in [1.29, 1.82) is 0 Å². The predicted molar refractivity (Wildman–Crippen MR) is 93.5 cm³/mol. The lowest BCUT2D eigenvalue weighted by Gasteiger charge is -2.14. The van der Waals surface area contributed by atoms with E-state index in [4.69, 9.17) is 0 Å². The SMILES string of the molecule is CC=NC/C=N/[C@H](NC(=O)Nc1cccc(NC)c1)C(=O)NC. The van der Waals surface area contributed by atoms with Crippen LogP contribution in [0.25, 0.3) is 0 Å². The van der Waals surface area contributed by atoms with Gasteiger partial charge in [0.1, 0.15) is 0 Å². The molecule has 0 aromatic heterocycles. The van der Waals surface area contributed by atoms with Gasteiger partial charge in [0.2, 0.25) is 6.17 Å². The Balaban J connectivity index is 2.68. The molecular formula is C15H22N6O2. The van der Waals surface area contributed by atoms with Crippen molar-refractivity contribution in [2.45, 2.75) is 13.1 Å². The smallest absolute Gasteiger partial charge is 0.321 e. The molecule has 0 heterocycles. The average molecular weight is 318 g/mol. The molecule has 8 heteroatoms. The first-order valence-electron chi connectivity index (χ1n) is 7.13. The molecule has 124 valence electrons. The van der Waals surface area contributed by atoms with Crippen LogP contribution in [0.2, 0.25) is 0 Å². The van der Waals surface area contributed by atoms with Crippen molar-refractivity contribution in [2.24, 2.45) is 9.98 Å². The van der Waals surface area contributed by atoms with Crippen molar-refractivity contribution >= 4 is 35.7 Å². The molecule has 0 unspecified atom stereocenters. The molecule has 0 aliphatic carbocycles. The van der Waals surface area contributed by atoms with E-state index in [1.165, 1.54) is 13.3 Å². The number of benzene rings is 1. The summed E-state index contributed by atoms with van der Waals surface area (Å²) in [6, 6.07) is 6.67. The molecule has 0 spiro atoms. The largest absolute Gasteiger partial charge is 0.388 e. The van der Waals surface area contributed by atoms with Crippen LogP contribution in [-0.4, -0.2) is 51.2 Å². The van der Waals surface area contributed by atoms with Gasteiger partial charge >= 0.3 is 6.03 Å². The van der Waals surface area contributed by atoms with Gasteiger partial charge < -0.3 is 21.3 Å². The van der Waals surface area contributed by atoms with Gasteiger partial charge in [-0.15, -0.1) is 0 Å². The topological polar surface area (TPSA) is 107 Å². The first-order valence-corrected chi connectivity index (χ1v) is 7.13. The van der Waals surface area contributed by atoms with Crippen molar-refractivity contribution in [3.8, 4) is 0 Å². The molecule has 1 aromatic carbocycles. The summed E-state index contributed by atoms with van der Waals surface area (Å²) in [4.78, 5) is 31.7. The molecule has 0 aliphatic heterocycles. The summed E-state index contributed by atoms with van der Waals surface area (Å²) in [5, 5.41) is 10.6. The Morgan fingerprint density at radius 1 is 1.26 bits per heavy atom. The minimum Gasteiger partial charge on any atom is -0.388 e. The van der Waals surface area contributed by atoms with Gasteiger partial charge in [0.25, 0.3) is 5.91 Å². The minimum absolute atomic E-state index is 0.345. The summed E-state index contributed by atoms with van der Waals surface area (Å²) in [5.41, 5.74) is 1.46. The fraction of sp³-hybridized carbons (Fsp3) is 0.333. The van der Waals surface area contributed by atoms with Gasteiger partial charge in [-0.1, -0.05) is 6.07 Å². The van der Waals surface area contributed by atoms with E-state index in [0.717, 1.165) is 5.69 Å². The zero-order valence-electron chi connectivity index (χ0n) is 13.5. The van der Waals surface area contributed by atoms with Crippen LogP contribution in [0.4, 0.5) is 16.2 Å². The summed E-state index contributed by atoms with van der Waals surface area (Å²) >= 11 is 0. The predicted octanol–water partition coefficient (Wildman–Crippen LogP) is 1.08. The van der Waals surface area contributed by atoms with Gasteiger partial charge in [-0.25, -0.2) is 4.79 Å². The van der Waals surface area contributed by atoms with E-state index in [1.54, 1.807) is 38.4 Å². The monoisotopic (exact) mass is 318 g/mol. The summed E-state index contributed by atoms with van der Waals surface area (Å²) in [7, 11) is 3.26. The number of hydrogen-bond acceptors (Lipinski definition) is 5. The average Bonchev–Trinajstić information content (AvgIpc) is 2.57. The zero-order chi connectivity index (χ0) is 17.1. The Labute approximate surface area is 135 Å². The number of carbonyl (C=O) groups excluding carboxylic acids is 2. The van der Waals surface area contributed by atoms with Crippen LogP contribution in [0.5, 0.6) is 0 Å². The van der Waals surface area contributed by atoms with Gasteiger partial charge in [-0.05, 0) is 31.3 Å². The second kappa shape index (κ2) is 9.93. The fourth-order valence-electron chi connectivity index (χ4n) is 1.66. The molecular weight excluding hydrogens is 296 g/mol. The van der Waals surface area contributed by atoms with Gasteiger partial charge in [0.05, 0.1) is 6.54 Å². The van der Waals surface area contributed by atoms with Crippen LogP contribution in [0.3, 0.4) is 0 Å². The zero-order valence-corrected chi connectivity index (χ0v) is 13.5. The van der Waals surface area contributed by atoms with Gasteiger partial charge in [0.15, 0.2) is 0 Å². The highest BCUT2D eigenvalue weighted by Crippen LogP contribution is 2.14. The second-order valence-electron chi connectivity index (χ2n) is 4.40. The molecule has 0 fully saturated rings. The van der Waals surface area contributed by atoms with Crippen LogP contribution < -0.4 is 21.3 Å². The van der Waals surface area contributed by atoms with Gasteiger partial charge in [-0.3, -0.25) is 14.8 Å². The standard InChI is InChI=1S/C15H22N6O2/c1-4-18-8-9-19-13(14(22)17-3)21-15(23)20-12-7-5-6-11(10-12)16-2/h4-7,9-10,13,16H,8H2,1-3H3,(H,17,22)(H2,20,21,23)/b18-4?,19-9+/t13-/m1/s1. The molecule has 4 N–H and O–H groups in total. The maximum absolute atomic E-state index is 12.0. The van der Waals surface area contributed by atoms with Crippen LogP contribution in [0.1, 0.15) is 6.92 Å². The Hall–Kier alpha value is -2.90. The maximum atomic E-state index is 12.0. The van der Waals surface area contributed by atoms with Crippen molar-refractivity contribution in [1.82, 2.24) is 10.6 Å². The van der Waals surface area contributed by atoms with E-state index in [2.05, 4.69) is 31.3 Å². The Morgan fingerprint density at radius 2 is 2.00 bits per heavy atom. The highest BCUT2D eigenvalue weighted by molar-refractivity contribution is 5.94. The second-order valence-corrected chi connectivity index (χ2v) is 4.40. The molecule has 0 bridgehead atoms. The van der Waals surface area contributed by atoms with Gasteiger partial charge in [-0.2, -0.15) is 0 Å². The molecule has 23 heavy (non-hydrogen) atoms. The number of likely N-dealkylation sites (N-methyl/N-ethyl adjacent to an activating group) is 1. The van der Waals surface area contributed by atoms with E-state index in [9.17, 15) is 9.59 Å². The lowest BCUT2D eigenvalue weighted by molar-refractivity contribution is -0.122. The van der Waals surface area contributed by atoms with E-state index in [0.29, 0.717) is 12.2 Å². The molecule has 0 saturated carbocycles. The van der Waals surface area contributed by atoms with Crippen LogP contribution in [-0.2, 0) is 4.79 Å². The summed E-state index contributed by atoms with van der Waals surface area (Å²) in [5.74, 6) is -0.416. The third kappa shape index (κ3) is 6.60. The highest BCUT2D eigenvalue weighted by atomic mass is 16.2. The van der Waals surface area contributed by atoms with Crippen LogP contribution in [0, 0.1) is 0 Å². The normalized spacial score (nSPS) is 12.1. The Morgan fingerprint density at radius 3 is 2.65 bits per heavy atom. The van der Waals surface area contributed by atoms with E-state index < -0.39 is 18.1 Å².